The van der Waals surface area contributed by atoms with Crippen LogP contribution in [0.15, 0.2) is 28.7 Å². The fourth-order valence-electron chi connectivity index (χ4n) is 1.33. The van der Waals surface area contributed by atoms with E-state index in [9.17, 15) is 0 Å². The SMILES string of the molecule is CCCC[C@@H](N)c1cccc(Br)c1.Cl. The van der Waals surface area contributed by atoms with Crippen LogP contribution < -0.4 is 5.73 Å². The number of hydrogen-bond acceptors (Lipinski definition) is 1. The monoisotopic (exact) mass is 277 g/mol. The van der Waals surface area contributed by atoms with Gasteiger partial charge in [-0.2, -0.15) is 0 Å². The number of halogens is 2. The Kier molecular flexibility index (Phi) is 7.24. The van der Waals surface area contributed by atoms with Gasteiger partial charge in [0.1, 0.15) is 0 Å². The summed E-state index contributed by atoms with van der Waals surface area (Å²) in [5.74, 6) is 0. The van der Waals surface area contributed by atoms with Gasteiger partial charge in [-0.1, -0.05) is 47.8 Å². The van der Waals surface area contributed by atoms with Crippen molar-refractivity contribution in [3.05, 3.63) is 34.3 Å². The van der Waals surface area contributed by atoms with Crippen molar-refractivity contribution >= 4 is 28.3 Å². The average Bonchev–Trinajstić information content (AvgIpc) is 2.14. The van der Waals surface area contributed by atoms with Crippen molar-refractivity contribution in [2.45, 2.75) is 32.2 Å². The molecule has 0 saturated carbocycles. The molecule has 0 aliphatic heterocycles. The Morgan fingerprint density at radius 3 is 2.71 bits per heavy atom. The predicted molar refractivity (Wildman–Crippen MR) is 67.8 cm³/mol. The normalized spacial score (nSPS) is 11.9. The molecule has 2 N–H and O–H groups in total. The smallest absolute Gasteiger partial charge is 0.0295 e. The third-order valence-corrected chi connectivity index (χ3v) is 2.64. The van der Waals surface area contributed by atoms with E-state index in [1.807, 2.05) is 12.1 Å². The van der Waals surface area contributed by atoms with E-state index in [-0.39, 0.29) is 18.4 Å². The van der Waals surface area contributed by atoms with Gasteiger partial charge in [0.05, 0.1) is 0 Å². The zero-order valence-corrected chi connectivity index (χ0v) is 10.8. The molecule has 1 aromatic rings. The van der Waals surface area contributed by atoms with Crippen LogP contribution in [0, 0.1) is 0 Å². The fourth-order valence-corrected chi connectivity index (χ4v) is 1.74. The molecule has 3 heteroatoms. The van der Waals surface area contributed by atoms with E-state index < -0.39 is 0 Å². The Hall–Kier alpha value is -0.0500. The number of unbranched alkanes of at least 4 members (excludes halogenated alkanes) is 1. The van der Waals surface area contributed by atoms with Gasteiger partial charge in [0.25, 0.3) is 0 Å². The van der Waals surface area contributed by atoms with Gasteiger partial charge in [-0.3, -0.25) is 0 Å². The summed E-state index contributed by atoms with van der Waals surface area (Å²) in [4.78, 5) is 0. The number of benzene rings is 1. The Bertz CT molecular complexity index is 265. The zero-order valence-electron chi connectivity index (χ0n) is 8.37. The maximum Gasteiger partial charge on any atom is 0.0295 e. The zero-order chi connectivity index (χ0) is 9.68. The highest BCUT2D eigenvalue weighted by molar-refractivity contribution is 9.10. The van der Waals surface area contributed by atoms with Gasteiger partial charge in [0.15, 0.2) is 0 Å². The minimum atomic E-state index is 0. The Morgan fingerprint density at radius 1 is 1.43 bits per heavy atom. The van der Waals surface area contributed by atoms with Crippen LogP contribution in [0.1, 0.15) is 37.8 Å². The Labute approximate surface area is 101 Å². The molecule has 1 atom stereocenters. The molecule has 0 aliphatic rings. The molecule has 0 unspecified atom stereocenters. The molecule has 0 amide bonds. The van der Waals surface area contributed by atoms with Crippen molar-refractivity contribution in [1.29, 1.82) is 0 Å². The number of nitrogens with two attached hydrogens (primary N) is 1. The fraction of sp³-hybridized carbons (Fsp3) is 0.455. The van der Waals surface area contributed by atoms with E-state index in [1.54, 1.807) is 0 Å². The molecule has 14 heavy (non-hydrogen) atoms. The molecular formula is C11H17BrClN. The number of hydrogen-bond donors (Lipinski definition) is 1. The van der Waals surface area contributed by atoms with Gasteiger partial charge in [-0.25, -0.2) is 0 Å². The topological polar surface area (TPSA) is 26.0 Å². The molecule has 0 radical (unpaired) electrons. The summed E-state index contributed by atoms with van der Waals surface area (Å²) >= 11 is 3.44. The lowest BCUT2D eigenvalue weighted by Gasteiger charge is -2.11. The van der Waals surface area contributed by atoms with Crippen LogP contribution in [0.25, 0.3) is 0 Å². The molecule has 80 valence electrons. The lowest BCUT2D eigenvalue weighted by atomic mass is 10.0. The van der Waals surface area contributed by atoms with Gasteiger partial charge < -0.3 is 5.73 Å². The van der Waals surface area contributed by atoms with Gasteiger partial charge >= 0.3 is 0 Å². The van der Waals surface area contributed by atoms with E-state index in [0.29, 0.717) is 0 Å². The van der Waals surface area contributed by atoms with Crippen molar-refractivity contribution in [3.63, 3.8) is 0 Å². The number of rotatable bonds is 4. The average molecular weight is 279 g/mol. The van der Waals surface area contributed by atoms with Gasteiger partial charge in [0.2, 0.25) is 0 Å². The minimum absolute atomic E-state index is 0. The van der Waals surface area contributed by atoms with Crippen LogP contribution in [0.5, 0.6) is 0 Å². The lowest BCUT2D eigenvalue weighted by molar-refractivity contribution is 0.603. The van der Waals surface area contributed by atoms with E-state index in [0.717, 1.165) is 10.9 Å². The van der Waals surface area contributed by atoms with Crippen LogP contribution in [-0.4, -0.2) is 0 Å². The highest BCUT2D eigenvalue weighted by Gasteiger charge is 2.04. The summed E-state index contributed by atoms with van der Waals surface area (Å²) in [5, 5.41) is 0. The first kappa shape index (κ1) is 13.9. The third-order valence-electron chi connectivity index (χ3n) is 2.15. The molecule has 0 saturated heterocycles. The Morgan fingerprint density at radius 2 is 2.14 bits per heavy atom. The third kappa shape index (κ3) is 4.45. The largest absolute Gasteiger partial charge is 0.324 e. The van der Waals surface area contributed by atoms with Crippen LogP contribution in [0.2, 0.25) is 0 Å². The summed E-state index contributed by atoms with van der Waals surface area (Å²) in [6.45, 7) is 2.19. The van der Waals surface area contributed by atoms with E-state index in [4.69, 9.17) is 5.73 Å². The van der Waals surface area contributed by atoms with Crippen LogP contribution >= 0.6 is 28.3 Å². The molecule has 0 aromatic heterocycles. The van der Waals surface area contributed by atoms with Crippen molar-refractivity contribution in [2.24, 2.45) is 5.73 Å². The first-order valence-electron chi connectivity index (χ1n) is 4.75. The second kappa shape index (κ2) is 7.27. The second-order valence-electron chi connectivity index (χ2n) is 3.30. The van der Waals surface area contributed by atoms with E-state index in [2.05, 4.69) is 35.0 Å². The van der Waals surface area contributed by atoms with Crippen molar-refractivity contribution in [3.8, 4) is 0 Å². The first-order valence-corrected chi connectivity index (χ1v) is 5.54. The highest BCUT2D eigenvalue weighted by atomic mass is 79.9. The summed E-state index contributed by atoms with van der Waals surface area (Å²) in [6, 6.07) is 8.43. The van der Waals surface area contributed by atoms with E-state index >= 15 is 0 Å². The van der Waals surface area contributed by atoms with Gasteiger partial charge in [-0.15, -0.1) is 12.4 Å². The summed E-state index contributed by atoms with van der Waals surface area (Å²) in [6.07, 6.45) is 3.49. The minimum Gasteiger partial charge on any atom is -0.324 e. The summed E-state index contributed by atoms with van der Waals surface area (Å²) < 4.78 is 1.11. The van der Waals surface area contributed by atoms with Crippen LogP contribution in [0.3, 0.4) is 0 Å². The van der Waals surface area contributed by atoms with Crippen LogP contribution in [0.4, 0.5) is 0 Å². The standard InChI is InChI=1S/C11H16BrN.ClH/c1-2-3-7-11(13)9-5-4-6-10(12)8-9;/h4-6,8,11H,2-3,7,13H2,1H3;1H/t11-;/m1./s1. The Balaban J connectivity index is 0.00000169. The van der Waals surface area contributed by atoms with Crippen molar-refractivity contribution in [2.75, 3.05) is 0 Å². The van der Waals surface area contributed by atoms with E-state index in [1.165, 1.54) is 18.4 Å². The lowest BCUT2D eigenvalue weighted by Crippen LogP contribution is -2.09. The second-order valence-corrected chi connectivity index (χ2v) is 4.22. The molecular weight excluding hydrogens is 261 g/mol. The molecule has 1 nitrogen and oxygen atoms in total. The quantitative estimate of drug-likeness (QED) is 0.883. The summed E-state index contributed by atoms with van der Waals surface area (Å²) in [5.41, 5.74) is 7.25. The molecule has 0 heterocycles. The van der Waals surface area contributed by atoms with Gasteiger partial charge in [0, 0.05) is 10.5 Å². The highest BCUT2D eigenvalue weighted by Crippen LogP contribution is 2.20. The molecule has 0 spiro atoms. The summed E-state index contributed by atoms with van der Waals surface area (Å²) in [7, 11) is 0. The van der Waals surface area contributed by atoms with Crippen molar-refractivity contribution in [1.82, 2.24) is 0 Å². The first-order chi connectivity index (χ1) is 6.24. The van der Waals surface area contributed by atoms with Crippen molar-refractivity contribution < 1.29 is 0 Å². The molecule has 1 rings (SSSR count). The molecule has 0 aliphatic carbocycles. The maximum absolute atomic E-state index is 6.03. The molecule has 0 fully saturated rings. The molecule has 1 aromatic carbocycles. The van der Waals surface area contributed by atoms with Crippen LogP contribution in [-0.2, 0) is 0 Å². The maximum atomic E-state index is 6.03. The predicted octanol–water partition coefficient (Wildman–Crippen LogP) is 4.06. The van der Waals surface area contributed by atoms with Gasteiger partial charge in [-0.05, 0) is 24.1 Å². The molecule has 0 bridgehead atoms.